The van der Waals surface area contributed by atoms with Crippen molar-refractivity contribution in [2.24, 2.45) is 0 Å². The van der Waals surface area contributed by atoms with Crippen LogP contribution in [0.1, 0.15) is 5.69 Å². The van der Waals surface area contributed by atoms with Crippen LogP contribution in [0.3, 0.4) is 0 Å². The SMILES string of the molecule is OCc1ccc(-c2cc(-c3cc4ccccc4s3)c3[nH]ncc3c2)cn1. The van der Waals surface area contributed by atoms with Crippen molar-refractivity contribution in [3.8, 4) is 21.6 Å². The van der Waals surface area contributed by atoms with E-state index in [0.717, 1.165) is 27.6 Å². The van der Waals surface area contributed by atoms with Gasteiger partial charge in [0.05, 0.1) is 24.0 Å². The molecule has 0 radical (unpaired) electrons. The Balaban J connectivity index is 1.72. The average molecular weight is 357 g/mol. The number of aliphatic hydroxyl groups excluding tert-OH is 1. The van der Waals surface area contributed by atoms with E-state index in [2.05, 4.69) is 57.6 Å². The molecule has 0 aliphatic rings. The Bertz CT molecular complexity index is 1190. The number of nitrogens with zero attached hydrogens (tertiary/aromatic N) is 2. The third-order valence-corrected chi connectivity index (χ3v) is 5.71. The molecular formula is C21H15N3OS. The Hall–Kier alpha value is -3.02. The van der Waals surface area contributed by atoms with Gasteiger partial charge in [0.1, 0.15) is 0 Å². The standard InChI is InChI=1S/C21H15N3OS/c25-12-17-6-5-14(10-22-17)15-7-16-11-23-24-21(16)18(8-15)20-9-13-3-1-2-4-19(13)26-20/h1-11,25H,12H2,(H,23,24). The highest BCUT2D eigenvalue weighted by Crippen LogP contribution is 2.38. The lowest BCUT2D eigenvalue weighted by Crippen LogP contribution is -1.89. The lowest BCUT2D eigenvalue weighted by molar-refractivity contribution is 0.277. The van der Waals surface area contributed by atoms with E-state index in [1.165, 1.54) is 15.0 Å². The molecule has 0 saturated carbocycles. The maximum absolute atomic E-state index is 9.20. The van der Waals surface area contributed by atoms with Gasteiger partial charge in [-0.25, -0.2) is 0 Å². The molecule has 5 rings (SSSR count). The van der Waals surface area contributed by atoms with Gasteiger partial charge in [0.2, 0.25) is 0 Å². The summed E-state index contributed by atoms with van der Waals surface area (Å²) < 4.78 is 1.27. The van der Waals surface area contributed by atoms with Crippen LogP contribution in [0, 0.1) is 0 Å². The zero-order valence-electron chi connectivity index (χ0n) is 13.8. The first kappa shape index (κ1) is 15.3. The third kappa shape index (κ3) is 2.49. The molecule has 26 heavy (non-hydrogen) atoms. The van der Waals surface area contributed by atoms with E-state index < -0.39 is 0 Å². The van der Waals surface area contributed by atoms with Gasteiger partial charge in [-0.1, -0.05) is 24.3 Å². The molecule has 0 spiro atoms. The highest BCUT2D eigenvalue weighted by molar-refractivity contribution is 7.22. The Morgan fingerprint density at radius 1 is 0.923 bits per heavy atom. The summed E-state index contributed by atoms with van der Waals surface area (Å²) >= 11 is 1.78. The number of pyridine rings is 1. The summed E-state index contributed by atoms with van der Waals surface area (Å²) in [6, 6.07) is 18.8. The number of aliphatic hydroxyl groups is 1. The second kappa shape index (κ2) is 6.05. The number of hydrogen-bond acceptors (Lipinski definition) is 4. The van der Waals surface area contributed by atoms with Crippen molar-refractivity contribution in [1.29, 1.82) is 0 Å². The monoisotopic (exact) mass is 357 g/mol. The molecule has 0 fully saturated rings. The van der Waals surface area contributed by atoms with Gasteiger partial charge in [-0.2, -0.15) is 5.10 Å². The van der Waals surface area contributed by atoms with E-state index in [4.69, 9.17) is 0 Å². The minimum atomic E-state index is -0.0475. The zero-order chi connectivity index (χ0) is 17.5. The first-order valence-electron chi connectivity index (χ1n) is 8.34. The fourth-order valence-electron chi connectivity index (χ4n) is 3.22. The number of rotatable bonds is 3. The first-order chi connectivity index (χ1) is 12.8. The minimum Gasteiger partial charge on any atom is -0.390 e. The van der Waals surface area contributed by atoms with Crippen LogP contribution < -0.4 is 0 Å². The van der Waals surface area contributed by atoms with Crippen LogP contribution in [-0.2, 0) is 6.61 Å². The summed E-state index contributed by atoms with van der Waals surface area (Å²) in [4.78, 5) is 5.52. The van der Waals surface area contributed by atoms with Gasteiger partial charge in [0, 0.05) is 32.3 Å². The molecule has 0 atom stereocenters. The molecule has 126 valence electrons. The van der Waals surface area contributed by atoms with Crippen LogP contribution >= 0.6 is 11.3 Å². The van der Waals surface area contributed by atoms with Gasteiger partial charge in [0.25, 0.3) is 0 Å². The predicted octanol–water partition coefficient (Wildman–Crippen LogP) is 5.00. The van der Waals surface area contributed by atoms with Crippen molar-refractivity contribution >= 4 is 32.3 Å². The highest BCUT2D eigenvalue weighted by atomic mass is 32.1. The molecule has 2 N–H and O–H groups in total. The van der Waals surface area contributed by atoms with E-state index in [1.54, 1.807) is 11.3 Å². The van der Waals surface area contributed by atoms with Gasteiger partial charge in [-0.15, -0.1) is 11.3 Å². The van der Waals surface area contributed by atoms with Gasteiger partial charge < -0.3 is 5.11 Å². The summed E-state index contributed by atoms with van der Waals surface area (Å²) in [6.45, 7) is -0.0475. The van der Waals surface area contributed by atoms with Gasteiger partial charge in [-0.05, 0) is 41.3 Å². The summed E-state index contributed by atoms with van der Waals surface area (Å²) in [5.41, 5.74) is 4.96. The third-order valence-electron chi connectivity index (χ3n) is 4.56. The highest BCUT2D eigenvalue weighted by Gasteiger charge is 2.12. The topological polar surface area (TPSA) is 61.8 Å². The minimum absolute atomic E-state index is 0.0475. The van der Waals surface area contributed by atoms with Crippen molar-refractivity contribution in [2.45, 2.75) is 6.61 Å². The van der Waals surface area contributed by atoms with Gasteiger partial charge in [0.15, 0.2) is 0 Å². The number of aromatic amines is 1. The van der Waals surface area contributed by atoms with Crippen LogP contribution in [0.5, 0.6) is 0 Å². The van der Waals surface area contributed by atoms with Gasteiger partial charge >= 0.3 is 0 Å². The van der Waals surface area contributed by atoms with E-state index in [1.807, 2.05) is 24.5 Å². The molecule has 3 aromatic heterocycles. The Morgan fingerprint density at radius 2 is 1.85 bits per heavy atom. The molecule has 2 aromatic carbocycles. The summed E-state index contributed by atoms with van der Waals surface area (Å²) in [7, 11) is 0. The summed E-state index contributed by atoms with van der Waals surface area (Å²) in [6.07, 6.45) is 3.66. The molecule has 0 saturated heterocycles. The molecule has 0 amide bonds. The van der Waals surface area contributed by atoms with Crippen molar-refractivity contribution in [2.75, 3.05) is 0 Å². The lowest BCUT2D eigenvalue weighted by atomic mass is 10.0. The van der Waals surface area contributed by atoms with E-state index in [0.29, 0.717) is 5.69 Å². The predicted molar refractivity (Wildman–Crippen MR) is 106 cm³/mol. The van der Waals surface area contributed by atoms with Crippen LogP contribution in [-0.4, -0.2) is 20.3 Å². The first-order valence-corrected chi connectivity index (χ1v) is 9.16. The number of hydrogen-bond donors (Lipinski definition) is 2. The second-order valence-corrected chi connectivity index (χ2v) is 7.29. The van der Waals surface area contributed by atoms with Crippen molar-refractivity contribution in [3.05, 3.63) is 72.7 Å². The number of thiophene rings is 1. The van der Waals surface area contributed by atoms with Crippen molar-refractivity contribution < 1.29 is 5.11 Å². The summed E-state index contributed by atoms with van der Waals surface area (Å²) in [5, 5.41) is 18.9. The van der Waals surface area contributed by atoms with Crippen LogP contribution in [0.25, 0.3) is 42.6 Å². The number of H-pyrrole nitrogens is 1. The number of nitrogens with one attached hydrogen (secondary N) is 1. The molecule has 4 nitrogen and oxygen atoms in total. The van der Waals surface area contributed by atoms with E-state index in [9.17, 15) is 5.11 Å². The largest absolute Gasteiger partial charge is 0.390 e. The normalized spacial score (nSPS) is 11.4. The fraction of sp³-hybridized carbons (Fsp3) is 0.0476. The van der Waals surface area contributed by atoms with Crippen molar-refractivity contribution in [3.63, 3.8) is 0 Å². The second-order valence-electron chi connectivity index (χ2n) is 6.20. The molecule has 5 aromatic rings. The molecule has 3 heterocycles. The number of benzene rings is 2. The van der Waals surface area contributed by atoms with Gasteiger partial charge in [-0.3, -0.25) is 10.1 Å². The lowest BCUT2D eigenvalue weighted by Gasteiger charge is -2.07. The Kier molecular flexibility index (Phi) is 3.55. The molecular weight excluding hydrogens is 342 g/mol. The van der Waals surface area contributed by atoms with Crippen LogP contribution in [0.4, 0.5) is 0 Å². The molecule has 5 heteroatoms. The van der Waals surface area contributed by atoms with E-state index in [-0.39, 0.29) is 6.61 Å². The number of aromatic nitrogens is 3. The Morgan fingerprint density at radius 3 is 2.65 bits per heavy atom. The average Bonchev–Trinajstić information content (AvgIpc) is 3.33. The number of fused-ring (bicyclic) bond motifs is 2. The van der Waals surface area contributed by atoms with Crippen LogP contribution in [0.2, 0.25) is 0 Å². The quantitative estimate of drug-likeness (QED) is 0.478. The smallest absolute Gasteiger partial charge is 0.0852 e. The molecule has 0 unspecified atom stereocenters. The summed E-state index contributed by atoms with van der Waals surface area (Å²) in [5.74, 6) is 0. The maximum atomic E-state index is 9.20. The van der Waals surface area contributed by atoms with Crippen molar-refractivity contribution in [1.82, 2.24) is 15.2 Å². The Labute approximate surface area is 153 Å². The molecule has 0 aliphatic carbocycles. The fourth-order valence-corrected chi connectivity index (χ4v) is 4.31. The van der Waals surface area contributed by atoms with Crippen LogP contribution in [0.15, 0.2) is 67.0 Å². The van der Waals surface area contributed by atoms with E-state index >= 15 is 0 Å². The zero-order valence-corrected chi connectivity index (χ0v) is 14.6. The molecule has 0 aliphatic heterocycles. The maximum Gasteiger partial charge on any atom is 0.0852 e. The molecule has 0 bridgehead atoms.